The van der Waals surface area contributed by atoms with E-state index in [-0.39, 0.29) is 16.7 Å². The average Bonchev–Trinajstić information content (AvgIpc) is 2.38. The topological polar surface area (TPSA) is 63.1 Å². The number of aromatic amines is 1. The van der Waals surface area contributed by atoms with E-state index >= 15 is 0 Å². The second-order valence-corrected chi connectivity index (χ2v) is 4.36. The molecule has 0 spiro atoms. The fraction of sp³-hybridized carbons (Fsp3) is 0.0667. The van der Waals surface area contributed by atoms with Crippen molar-refractivity contribution in [3.05, 3.63) is 68.6 Å². The molecule has 3 rings (SSSR count). The van der Waals surface area contributed by atoms with E-state index < -0.39 is 0 Å². The molecule has 0 bridgehead atoms. The van der Waals surface area contributed by atoms with Crippen LogP contribution in [0.25, 0.3) is 22.4 Å². The summed E-state index contributed by atoms with van der Waals surface area (Å²) in [5.74, 6) is 0.444. The van der Waals surface area contributed by atoms with E-state index in [2.05, 4.69) is 4.98 Å². The van der Waals surface area contributed by atoms with Crippen LogP contribution in [0, 0.1) is 6.92 Å². The van der Waals surface area contributed by atoms with Gasteiger partial charge in [-0.05, 0) is 12.5 Å². The molecule has 0 saturated carbocycles. The van der Waals surface area contributed by atoms with E-state index in [0.717, 1.165) is 5.56 Å². The largest absolute Gasteiger partial charge is 0.439 e. The Bertz CT molecular complexity index is 860. The molecule has 1 aromatic carbocycles. The standard InChI is InChI=1S/C15H11NO3/c1-9-7-13(18)16-15-14(9)11(17)8-12(19-15)10-5-3-2-4-6-10/h2-8H,1H3,(H,16,18). The van der Waals surface area contributed by atoms with E-state index in [1.807, 2.05) is 30.3 Å². The smallest absolute Gasteiger partial charge is 0.250 e. The minimum atomic E-state index is -0.279. The van der Waals surface area contributed by atoms with Crippen molar-refractivity contribution in [3.8, 4) is 11.3 Å². The molecule has 0 unspecified atom stereocenters. The summed E-state index contributed by atoms with van der Waals surface area (Å²) in [5.41, 5.74) is 1.19. The fourth-order valence-corrected chi connectivity index (χ4v) is 2.12. The Hall–Kier alpha value is -2.62. The predicted octanol–water partition coefficient (Wildman–Crippen LogP) is 2.46. The summed E-state index contributed by atoms with van der Waals surface area (Å²) in [6.45, 7) is 1.72. The first-order chi connectivity index (χ1) is 9.15. The first-order valence-electron chi connectivity index (χ1n) is 5.88. The highest BCUT2D eigenvalue weighted by molar-refractivity contribution is 5.78. The molecule has 2 heterocycles. The Morgan fingerprint density at radius 2 is 1.79 bits per heavy atom. The Kier molecular flexibility index (Phi) is 2.56. The van der Waals surface area contributed by atoms with Gasteiger partial charge in [0, 0.05) is 17.7 Å². The molecule has 0 fully saturated rings. The monoisotopic (exact) mass is 253 g/mol. The number of pyridine rings is 1. The highest BCUT2D eigenvalue weighted by Crippen LogP contribution is 2.21. The zero-order valence-corrected chi connectivity index (χ0v) is 10.3. The van der Waals surface area contributed by atoms with Crippen LogP contribution in [0.1, 0.15) is 5.56 Å². The first-order valence-corrected chi connectivity index (χ1v) is 5.88. The number of nitrogens with one attached hydrogen (secondary N) is 1. The van der Waals surface area contributed by atoms with Gasteiger partial charge >= 0.3 is 0 Å². The maximum Gasteiger partial charge on any atom is 0.250 e. The van der Waals surface area contributed by atoms with Gasteiger partial charge in [-0.2, -0.15) is 0 Å². The average molecular weight is 253 g/mol. The number of rotatable bonds is 1. The zero-order valence-electron chi connectivity index (χ0n) is 10.3. The van der Waals surface area contributed by atoms with Gasteiger partial charge < -0.3 is 4.42 Å². The molecule has 0 radical (unpaired) electrons. The third-order valence-electron chi connectivity index (χ3n) is 2.98. The summed E-state index contributed by atoms with van der Waals surface area (Å²) >= 11 is 0. The second kappa shape index (κ2) is 4.24. The maximum atomic E-state index is 12.1. The molecule has 0 aliphatic rings. The summed E-state index contributed by atoms with van der Waals surface area (Å²) in [6, 6.07) is 12.1. The minimum absolute atomic E-state index is 0.158. The van der Waals surface area contributed by atoms with Crippen LogP contribution in [0.3, 0.4) is 0 Å². The predicted molar refractivity (Wildman–Crippen MR) is 73.3 cm³/mol. The quantitative estimate of drug-likeness (QED) is 0.724. The van der Waals surface area contributed by atoms with Gasteiger partial charge in [0.1, 0.15) is 5.76 Å². The first kappa shape index (κ1) is 11.5. The van der Waals surface area contributed by atoms with Crippen LogP contribution in [0.5, 0.6) is 0 Å². The van der Waals surface area contributed by atoms with Gasteiger partial charge in [0.05, 0.1) is 5.39 Å². The third-order valence-corrected chi connectivity index (χ3v) is 2.98. The number of aryl methyl sites for hydroxylation is 1. The Morgan fingerprint density at radius 3 is 2.53 bits per heavy atom. The molecule has 19 heavy (non-hydrogen) atoms. The van der Waals surface area contributed by atoms with Gasteiger partial charge in [0.15, 0.2) is 5.43 Å². The second-order valence-electron chi connectivity index (χ2n) is 4.36. The molecule has 4 heteroatoms. The maximum absolute atomic E-state index is 12.1. The number of hydrogen-bond acceptors (Lipinski definition) is 3. The Morgan fingerprint density at radius 1 is 1.05 bits per heavy atom. The number of aromatic nitrogens is 1. The van der Waals surface area contributed by atoms with Crippen molar-refractivity contribution in [3.63, 3.8) is 0 Å². The van der Waals surface area contributed by atoms with Crippen molar-refractivity contribution in [2.75, 3.05) is 0 Å². The van der Waals surface area contributed by atoms with Crippen molar-refractivity contribution in [1.29, 1.82) is 0 Å². The highest BCUT2D eigenvalue weighted by Gasteiger charge is 2.09. The van der Waals surface area contributed by atoms with Gasteiger partial charge in [-0.25, -0.2) is 0 Å². The van der Waals surface area contributed by atoms with Crippen LogP contribution in [0.4, 0.5) is 0 Å². The summed E-state index contributed by atoms with van der Waals surface area (Å²) < 4.78 is 5.63. The van der Waals surface area contributed by atoms with E-state index in [0.29, 0.717) is 16.7 Å². The number of fused-ring (bicyclic) bond motifs is 1. The van der Waals surface area contributed by atoms with Gasteiger partial charge in [-0.3, -0.25) is 14.6 Å². The highest BCUT2D eigenvalue weighted by atomic mass is 16.3. The number of hydrogen-bond donors (Lipinski definition) is 1. The molecule has 1 N–H and O–H groups in total. The van der Waals surface area contributed by atoms with Crippen molar-refractivity contribution in [2.24, 2.45) is 0 Å². The fourth-order valence-electron chi connectivity index (χ4n) is 2.12. The van der Waals surface area contributed by atoms with Crippen molar-refractivity contribution in [1.82, 2.24) is 4.98 Å². The summed E-state index contributed by atoms with van der Waals surface area (Å²) in [4.78, 5) is 26.1. The summed E-state index contributed by atoms with van der Waals surface area (Å²) in [7, 11) is 0. The molecule has 2 aromatic heterocycles. The van der Waals surface area contributed by atoms with Crippen LogP contribution in [-0.2, 0) is 0 Å². The summed E-state index contributed by atoms with van der Waals surface area (Å²) in [6.07, 6.45) is 0. The molecule has 0 saturated heterocycles. The minimum Gasteiger partial charge on any atom is -0.439 e. The lowest BCUT2D eigenvalue weighted by atomic mass is 10.1. The van der Waals surface area contributed by atoms with E-state index in [1.165, 1.54) is 12.1 Å². The molecule has 0 aliphatic carbocycles. The lowest BCUT2D eigenvalue weighted by Gasteiger charge is -2.04. The Balaban J connectivity index is 2.37. The zero-order chi connectivity index (χ0) is 13.4. The van der Waals surface area contributed by atoms with Gasteiger partial charge in [0.25, 0.3) is 5.56 Å². The lowest BCUT2D eigenvalue weighted by molar-refractivity contribution is 0.604. The molecule has 0 amide bonds. The molecular formula is C15H11NO3. The van der Waals surface area contributed by atoms with Crippen molar-refractivity contribution < 1.29 is 4.42 Å². The Labute approximate surface area is 108 Å². The van der Waals surface area contributed by atoms with Crippen LogP contribution in [0.15, 0.2) is 56.5 Å². The van der Waals surface area contributed by atoms with Gasteiger partial charge in [0.2, 0.25) is 5.71 Å². The number of H-pyrrole nitrogens is 1. The van der Waals surface area contributed by atoms with E-state index in [1.54, 1.807) is 6.92 Å². The molecule has 0 atom stereocenters. The SMILES string of the molecule is Cc1cc(=O)[nH]c2oc(-c3ccccc3)cc(=O)c12. The van der Waals surface area contributed by atoms with Crippen LogP contribution in [0.2, 0.25) is 0 Å². The summed E-state index contributed by atoms with van der Waals surface area (Å²) in [5, 5.41) is 0.416. The van der Waals surface area contributed by atoms with Crippen LogP contribution >= 0.6 is 0 Å². The molecule has 3 aromatic rings. The van der Waals surface area contributed by atoms with Crippen LogP contribution in [-0.4, -0.2) is 4.98 Å². The molecule has 4 nitrogen and oxygen atoms in total. The number of benzene rings is 1. The third kappa shape index (κ3) is 1.97. The van der Waals surface area contributed by atoms with E-state index in [9.17, 15) is 9.59 Å². The van der Waals surface area contributed by atoms with E-state index in [4.69, 9.17) is 4.42 Å². The lowest BCUT2D eigenvalue weighted by Crippen LogP contribution is -2.11. The molecular weight excluding hydrogens is 242 g/mol. The van der Waals surface area contributed by atoms with Crippen molar-refractivity contribution >= 4 is 11.1 Å². The van der Waals surface area contributed by atoms with Gasteiger partial charge in [-0.15, -0.1) is 0 Å². The van der Waals surface area contributed by atoms with Crippen molar-refractivity contribution in [2.45, 2.75) is 6.92 Å². The molecule has 0 aliphatic heterocycles. The van der Waals surface area contributed by atoms with Gasteiger partial charge in [-0.1, -0.05) is 30.3 Å². The molecule has 94 valence electrons. The normalized spacial score (nSPS) is 10.8. The van der Waals surface area contributed by atoms with Crippen LogP contribution < -0.4 is 11.0 Å².